The van der Waals surface area contributed by atoms with Crippen molar-refractivity contribution in [3.05, 3.63) is 72.1 Å². The number of amides is 4. The molecule has 3 aliphatic heterocycles. The van der Waals surface area contributed by atoms with Crippen molar-refractivity contribution in [3.63, 3.8) is 0 Å². The van der Waals surface area contributed by atoms with E-state index >= 15 is 0 Å². The van der Waals surface area contributed by atoms with Gasteiger partial charge in [0, 0.05) is 31.0 Å². The molecule has 6 rings (SSSR count). The maximum atomic E-state index is 14.4. The molecule has 16 nitrogen and oxygen atoms in total. The number of ether oxygens (including phenoxy) is 3. The number of hydrogen-bond acceptors (Lipinski definition) is 12. The van der Waals surface area contributed by atoms with E-state index in [0.717, 1.165) is 0 Å². The normalized spacial score (nSPS) is 27.8. The van der Waals surface area contributed by atoms with Crippen LogP contribution in [0.2, 0.25) is 0 Å². The molecule has 18 heteroatoms. The van der Waals surface area contributed by atoms with Crippen LogP contribution >= 0.6 is 0 Å². The van der Waals surface area contributed by atoms with E-state index in [1.54, 1.807) is 18.2 Å². The maximum absolute atomic E-state index is 14.4. The minimum atomic E-state index is -4.57. The molecule has 4 aliphatic rings. The monoisotopic (exact) mass is 754 g/mol. The van der Waals surface area contributed by atoms with Crippen molar-refractivity contribution in [1.82, 2.24) is 19.8 Å². The number of hydrogen-bond donors (Lipinski definition) is 3. The highest BCUT2D eigenvalue weighted by atomic mass is 32.2. The summed E-state index contributed by atoms with van der Waals surface area (Å²) in [7, 11) is -4.57. The quantitative estimate of drug-likeness (QED) is 0.231. The van der Waals surface area contributed by atoms with E-state index in [1.807, 2.05) is 4.72 Å². The number of sulfonamides is 1. The molecule has 0 radical (unpaired) electrons. The van der Waals surface area contributed by atoms with Gasteiger partial charge in [0.25, 0.3) is 15.9 Å². The van der Waals surface area contributed by atoms with Gasteiger partial charge in [0.1, 0.15) is 34.4 Å². The van der Waals surface area contributed by atoms with Gasteiger partial charge in [0.05, 0.1) is 51.6 Å². The molecule has 3 N–H and O–H groups in total. The fourth-order valence-electron chi connectivity index (χ4n) is 6.96. The lowest BCUT2D eigenvalue weighted by molar-refractivity contribution is -0.140. The van der Waals surface area contributed by atoms with Gasteiger partial charge in [-0.3, -0.25) is 19.3 Å². The van der Waals surface area contributed by atoms with Crippen LogP contribution in [0.4, 0.5) is 14.9 Å². The number of halogens is 1. The van der Waals surface area contributed by atoms with E-state index in [2.05, 4.69) is 22.2 Å². The number of para-hydroxylation sites is 1. The van der Waals surface area contributed by atoms with Crippen LogP contribution in [0.1, 0.15) is 30.4 Å². The van der Waals surface area contributed by atoms with Crippen LogP contribution in [0.15, 0.2) is 65.0 Å². The lowest BCUT2D eigenvalue weighted by atomic mass is 10.0. The molecule has 53 heavy (non-hydrogen) atoms. The van der Waals surface area contributed by atoms with Crippen LogP contribution in [0.25, 0.3) is 0 Å². The Hall–Kier alpha value is -5.16. The van der Waals surface area contributed by atoms with Gasteiger partial charge in [-0.15, -0.1) is 6.58 Å². The van der Waals surface area contributed by atoms with Gasteiger partial charge in [0.2, 0.25) is 17.9 Å². The number of carbonyl (C=O) groups is 4. The number of nitrogens with one attached hydrogen (secondary N) is 3. The minimum Gasteiger partial charge on any atom is -0.444 e. The summed E-state index contributed by atoms with van der Waals surface area (Å²) in [6.45, 7) is 4.32. The summed E-state index contributed by atoms with van der Waals surface area (Å²) in [6.07, 6.45) is 0.825. The second-order valence-electron chi connectivity index (χ2n) is 13.1. The molecule has 1 saturated carbocycles. The van der Waals surface area contributed by atoms with E-state index in [1.165, 1.54) is 46.2 Å². The van der Waals surface area contributed by atoms with Crippen molar-refractivity contribution < 1.29 is 51.0 Å². The maximum Gasteiger partial charge on any atom is 0.410 e. The van der Waals surface area contributed by atoms with Crippen LogP contribution < -0.4 is 15.4 Å². The lowest BCUT2D eigenvalue weighted by Crippen LogP contribution is -2.59. The summed E-state index contributed by atoms with van der Waals surface area (Å²) in [5.74, 6) is -3.65. The zero-order valence-corrected chi connectivity index (χ0v) is 29.4. The molecule has 3 heterocycles. The summed E-state index contributed by atoms with van der Waals surface area (Å²) < 4.78 is 60.5. The van der Waals surface area contributed by atoms with E-state index < -0.39 is 69.3 Å². The van der Waals surface area contributed by atoms with E-state index in [4.69, 9.17) is 14.2 Å². The molecule has 2 aromatic carbocycles. The molecule has 282 valence electrons. The lowest BCUT2D eigenvalue weighted by Gasteiger charge is -2.28. The topological polar surface area (TPSA) is 202 Å². The Balaban J connectivity index is 1.27. The molecule has 0 bridgehead atoms. The Bertz CT molecular complexity index is 1940. The molecule has 1 unspecified atom stereocenters. The molecule has 1 aliphatic carbocycles. The van der Waals surface area contributed by atoms with Crippen molar-refractivity contribution in [1.29, 1.82) is 0 Å². The van der Waals surface area contributed by atoms with Crippen molar-refractivity contribution in [2.24, 2.45) is 10.9 Å². The summed E-state index contributed by atoms with van der Waals surface area (Å²) in [4.78, 5) is 72.5. The van der Waals surface area contributed by atoms with Crippen molar-refractivity contribution in [2.45, 2.75) is 61.0 Å². The fourth-order valence-corrected chi connectivity index (χ4v) is 8.14. The van der Waals surface area contributed by atoms with Crippen LogP contribution in [-0.2, 0) is 56.5 Å². The van der Waals surface area contributed by atoms with Crippen LogP contribution in [0.3, 0.4) is 0 Å². The third kappa shape index (κ3) is 8.10. The molecule has 2 fully saturated rings. The smallest absolute Gasteiger partial charge is 0.410 e. The number of benzene rings is 2. The minimum absolute atomic E-state index is 0.0121. The van der Waals surface area contributed by atoms with E-state index in [-0.39, 0.29) is 82.5 Å². The number of carbonyl (C=O) groups excluding carboxylic acids is 5. The van der Waals surface area contributed by atoms with E-state index in [0.29, 0.717) is 11.1 Å². The Morgan fingerprint density at radius 1 is 1.06 bits per heavy atom. The molecule has 0 aromatic heterocycles. The summed E-state index contributed by atoms with van der Waals surface area (Å²) in [5.41, 5.74) is -0.432. The Morgan fingerprint density at radius 3 is 2.57 bits per heavy atom. The number of nitrogens with zero attached hydrogens (tertiary/aromatic N) is 3. The number of aliphatic imine (C=N–C) groups is 1. The average molecular weight is 755 g/mol. The molecule has 0 spiro atoms. The zero-order chi connectivity index (χ0) is 37.8. The highest BCUT2D eigenvalue weighted by Gasteiger charge is 2.62. The first-order valence-electron chi connectivity index (χ1n) is 17.1. The second-order valence-corrected chi connectivity index (χ2v) is 14.7. The van der Waals surface area contributed by atoms with Gasteiger partial charge in [-0.05, 0) is 30.2 Å². The predicted octanol–water partition coefficient (Wildman–Crippen LogP) is 1.37. The fraction of sp³-hybridized carbons (Fsp3) is 0.457. The Kier molecular flexibility index (Phi) is 11.2. The van der Waals surface area contributed by atoms with Gasteiger partial charge >= 0.3 is 6.09 Å². The summed E-state index contributed by atoms with van der Waals surface area (Å²) >= 11 is 0. The Morgan fingerprint density at radius 2 is 1.83 bits per heavy atom. The summed E-state index contributed by atoms with van der Waals surface area (Å²) in [6, 6.07) is 7.40. The first-order valence-corrected chi connectivity index (χ1v) is 18.5. The standard InChI is InChI=1S/C35H39FN6O10S/c1-2-23-17-35(23,38-21-43)31-33(46)40-53(48,49)29-9-4-3-8-27(29)37-11-13-51-15-14-50-12-10-30(44)42-19-24(16-28(42)32(45)39-31)52-34(47)41-18-22-6-5-7-26(36)25(22)20-41/h2-9,23-24,28,31,37H,1,10-20H2,(H,39,45)(H,40,46)/t23-,24-,28+,31?,35-/m1/s1. The van der Waals surface area contributed by atoms with Crippen LogP contribution in [0.5, 0.6) is 0 Å². The first kappa shape index (κ1) is 37.6. The molecular weight excluding hydrogens is 715 g/mol. The van der Waals surface area contributed by atoms with E-state index in [9.17, 15) is 36.8 Å². The zero-order valence-electron chi connectivity index (χ0n) is 28.6. The number of rotatable bonds is 4. The van der Waals surface area contributed by atoms with Crippen molar-refractivity contribution >= 4 is 45.6 Å². The molecule has 2 aromatic rings. The second kappa shape index (κ2) is 15.8. The number of fused-ring (bicyclic) bond motifs is 3. The first-order chi connectivity index (χ1) is 25.5. The van der Waals surface area contributed by atoms with Gasteiger partial charge in [-0.2, -0.15) is 4.99 Å². The van der Waals surface area contributed by atoms with Gasteiger partial charge in [-0.25, -0.2) is 27.1 Å². The average Bonchev–Trinajstić information content (AvgIpc) is 3.42. The molecular formula is C35H39FN6O10S. The third-order valence-corrected chi connectivity index (χ3v) is 11.2. The largest absolute Gasteiger partial charge is 0.444 e. The van der Waals surface area contributed by atoms with Gasteiger partial charge < -0.3 is 29.7 Å². The van der Waals surface area contributed by atoms with Crippen molar-refractivity contribution in [3.8, 4) is 0 Å². The molecule has 5 atom stereocenters. The molecule has 4 amide bonds. The number of anilines is 1. The van der Waals surface area contributed by atoms with Gasteiger partial charge in [-0.1, -0.05) is 30.3 Å². The van der Waals surface area contributed by atoms with Crippen molar-refractivity contribution in [2.75, 3.05) is 44.8 Å². The third-order valence-electron chi connectivity index (χ3n) is 9.76. The summed E-state index contributed by atoms with van der Waals surface area (Å²) in [5, 5.41) is 5.53. The Labute approximate surface area is 304 Å². The van der Waals surface area contributed by atoms with Crippen LogP contribution in [-0.4, -0.2) is 111 Å². The highest BCUT2D eigenvalue weighted by Crippen LogP contribution is 2.50. The SMILES string of the molecule is C=C[C@@H]1C[C@]1(N=C=O)C1NC(=O)[C@@H]2C[C@@H](OC(=O)N3Cc4cccc(F)c4C3)CN2C(=O)CCOCCOCCNc2ccccc2S(=O)(=O)NC1=O. The molecule has 1 saturated heterocycles. The predicted molar refractivity (Wildman–Crippen MR) is 184 cm³/mol. The van der Waals surface area contributed by atoms with Gasteiger partial charge in [0.15, 0.2) is 0 Å². The van der Waals surface area contributed by atoms with Crippen LogP contribution in [0, 0.1) is 11.7 Å². The highest BCUT2D eigenvalue weighted by molar-refractivity contribution is 7.90. The number of isocyanates is 1.